The van der Waals surface area contributed by atoms with Gasteiger partial charge in [0.15, 0.2) is 11.6 Å². The maximum absolute atomic E-state index is 12.3. The molecule has 0 aliphatic carbocycles. The second-order valence-electron chi connectivity index (χ2n) is 12.2. The van der Waals surface area contributed by atoms with Gasteiger partial charge in [-0.3, -0.25) is 9.69 Å². The lowest BCUT2D eigenvalue weighted by atomic mass is 9.93. The van der Waals surface area contributed by atoms with Crippen molar-refractivity contribution in [2.24, 2.45) is 0 Å². The van der Waals surface area contributed by atoms with E-state index in [1.165, 1.54) is 27.1 Å². The predicted octanol–water partition coefficient (Wildman–Crippen LogP) is 5.55. The number of nitrogens with two attached hydrogens (primary N) is 1. The molecule has 2 N–H and O–H groups in total. The van der Waals surface area contributed by atoms with E-state index in [1.807, 2.05) is 4.90 Å². The molecule has 1 amide bonds. The molecule has 2 aromatic carbocycles. The minimum atomic E-state index is 0.105. The van der Waals surface area contributed by atoms with Gasteiger partial charge in [0.1, 0.15) is 0 Å². The van der Waals surface area contributed by atoms with E-state index < -0.39 is 0 Å². The molecule has 46 heavy (non-hydrogen) atoms. The Labute approximate surface area is 272 Å². The zero-order chi connectivity index (χ0) is 31.8. The molecule has 2 aliphatic heterocycles. The Hall–Kier alpha value is -4.45. The largest absolute Gasteiger partial charge is 0.378 e. The lowest BCUT2D eigenvalue weighted by molar-refractivity contribution is -0.117. The Bertz CT molecular complexity index is 1870. The molecule has 0 saturated carbocycles. The average Bonchev–Trinajstić information content (AvgIpc) is 3.47. The van der Waals surface area contributed by atoms with E-state index in [4.69, 9.17) is 20.4 Å². The number of rotatable bonds is 7. The third kappa shape index (κ3) is 6.18. The number of hydrogen-bond acceptors (Lipinski definition) is 10. The van der Waals surface area contributed by atoms with Crippen LogP contribution in [0.4, 0.5) is 17.5 Å². The molecule has 11 heteroatoms. The van der Waals surface area contributed by atoms with E-state index in [0.29, 0.717) is 19.0 Å². The van der Waals surface area contributed by atoms with Gasteiger partial charge < -0.3 is 20.3 Å². The third-order valence-corrected chi connectivity index (χ3v) is 9.87. The number of anilines is 3. The molecular weight excluding hydrogens is 597 g/mol. The molecule has 0 bridgehead atoms. The Kier molecular flexibility index (Phi) is 8.37. The monoisotopic (exact) mass is 634 g/mol. The van der Waals surface area contributed by atoms with Crippen LogP contribution in [-0.2, 0) is 29.0 Å². The van der Waals surface area contributed by atoms with Crippen molar-refractivity contribution in [3.8, 4) is 22.5 Å². The number of nitrogens with zero attached hydrogens (tertiary/aromatic N) is 7. The highest BCUT2D eigenvalue weighted by Crippen LogP contribution is 2.36. The van der Waals surface area contributed by atoms with Crippen LogP contribution in [0.25, 0.3) is 32.7 Å². The number of amides is 1. The molecule has 0 spiro atoms. The summed E-state index contributed by atoms with van der Waals surface area (Å²) in [5.74, 6) is 1.86. The Balaban J connectivity index is 1.08. The van der Waals surface area contributed by atoms with E-state index >= 15 is 0 Å². The highest BCUT2D eigenvalue weighted by Gasteiger charge is 2.26. The van der Waals surface area contributed by atoms with Crippen LogP contribution in [0.2, 0.25) is 0 Å². The summed E-state index contributed by atoms with van der Waals surface area (Å²) in [6.07, 6.45) is 5.33. The molecule has 10 nitrogen and oxygen atoms in total. The van der Waals surface area contributed by atoms with Gasteiger partial charge in [0.05, 0.1) is 29.0 Å². The van der Waals surface area contributed by atoms with Crippen molar-refractivity contribution in [2.45, 2.75) is 45.8 Å². The molecule has 1 saturated heterocycles. The van der Waals surface area contributed by atoms with Gasteiger partial charge in [0.25, 0.3) is 0 Å². The first-order valence-electron chi connectivity index (χ1n) is 15.7. The summed E-state index contributed by atoms with van der Waals surface area (Å²) < 4.78 is 6.69. The summed E-state index contributed by atoms with van der Waals surface area (Å²) >= 11 is 1.75. The minimum absolute atomic E-state index is 0.105. The van der Waals surface area contributed by atoms with Gasteiger partial charge in [-0.1, -0.05) is 30.3 Å². The Morgan fingerprint density at radius 1 is 1.00 bits per heavy atom. The maximum Gasteiger partial charge on any atom is 0.224 e. The van der Waals surface area contributed by atoms with Crippen molar-refractivity contribution in [1.29, 1.82) is 0 Å². The first-order valence-corrected chi connectivity index (χ1v) is 16.6. The number of benzene rings is 2. The number of carbonyl (C=O) groups excluding carboxylic acids is 1. The van der Waals surface area contributed by atoms with Crippen LogP contribution < -0.4 is 15.5 Å². The van der Waals surface area contributed by atoms with Crippen LogP contribution in [-0.4, -0.2) is 70.1 Å². The summed E-state index contributed by atoms with van der Waals surface area (Å²) in [5.41, 5.74) is 13.3. The van der Waals surface area contributed by atoms with Crippen molar-refractivity contribution in [1.82, 2.24) is 24.8 Å². The summed E-state index contributed by atoms with van der Waals surface area (Å²) in [5, 5.41) is 0. The van der Waals surface area contributed by atoms with Gasteiger partial charge in [-0.2, -0.15) is 0 Å². The molecule has 7 rings (SSSR count). The molecule has 3 aromatic heterocycles. The van der Waals surface area contributed by atoms with Crippen molar-refractivity contribution in [3.63, 3.8) is 0 Å². The Morgan fingerprint density at radius 3 is 2.48 bits per heavy atom. The second-order valence-corrected chi connectivity index (χ2v) is 13.4. The van der Waals surface area contributed by atoms with E-state index in [2.05, 4.69) is 82.3 Å². The normalized spacial score (nSPS) is 16.7. The first kappa shape index (κ1) is 30.2. The molecule has 5 heterocycles. The highest BCUT2D eigenvalue weighted by molar-refractivity contribution is 7.19. The molecule has 1 fully saturated rings. The number of aromatic nitrogens is 4. The standard InChI is InChI=1S/C35H38N8O2S/c1-22-4-7-27-16-26(10-11-31(27)43(22)23(2)44)25-8-5-24(6-9-25)20-41(3)21-29-17-30-32(46-29)34(42-12-14-45-15-13-42)40-33(39-30)28-18-37-35(36)38-19-28/h5-6,8-11,16-19,22H,4,7,12-15,20-21H2,1-3H3,(H2,36,37,38)/t22-/m0/s1. The van der Waals surface area contributed by atoms with E-state index in [0.717, 1.165) is 66.3 Å². The van der Waals surface area contributed by atoms with Crippen LogP contribution in [0.5, 0.6) is 0 Å². The maximum atomic E-state index is 12.3. The van der Waals surface area contributed by atoms with E-state index in [-0.39, 0.29) is 17.9 Å². The number of nitrogen functional groups attached to an aromatic ring is 1. The predicted molar refractivity (Wildman–Crippen MR) is 184 cm³/mol. The van der Waals surface area contributed by atoms with Crippen molar-refractivity contribution >= 4 is 44.9 Å². The van der Waals surface area contributed by atoms with Crippen LogP contribution in [0, 0.1) is 0 Å². The second kappa shape index (κ2) is 12.7. The quantitative estimate of drug-likeness (QED) is 0.246. The van der Waals surface area contributed by atoms with Crippen LogP contribution in [0.15, 0.2) is 60.9 Å². The third-order valence-electron chi connectivity index (χ3n) is 8.76. The minimum Gasteiger partial charge on any atom is -0.378 e. The number of carbonyl (C=O) groups is 1. The van der Waals surface area contributed by atoms with E-state index in [9.17, 15) is 4.79 Å². The molecule has 5 aromatic rings. The lowest BCUT2D eigenvalue weighted by Crippen LogP contribution is -2.40. The van der Waals surface area contributed by atoms with Gasteiger partial charge in [0, 0.05) is 62.1 Å². The summed E-state index contributed by atoms with van der Waals surface area (Å²) in [6, 6.07) is 17.7. The van der Waals surface area contributed by atoms with Gasteiger partial charge in [-0.25, -0.2) is 19.9 Å². The number of hydrogen-bond donors (Lipinski definition) is 1. The fourth-order valence-corrected chi connectivity index (χ4v) is 7.65. The molecule has 1 atom stereocenters. The fourth-order valence-electron chi connectivity index (χ4n) is 6.46. The fraction of sp³-hybridized carbons (Fsp3) is 0.343. The summed E-state index contributed by atoms with van der Waals surface area (Å²) in [6.45, 7) is 8.32. The number of morpholine rings is 1. The first-order chi connectivity index (χ1) is 22.3. The number of ether oxygens (including phenoxy) is 1. The zero-order valence-corrected chi connectivity index (χ0v) is 27.3. The summed E-state index contributed by atoms with van der Waals surface area (Å²) in [4.78, 5) is 38.2. The summed E-state index contributed by atoms with van der Waals surface area (Å²) in [7, 11) is 2.15. The topological polar surface area (TPSA) is 114 Å². The van der Waals surface area contributed by atoms with Crippen molar-refractivity contribution in [2.75, 3.05) is 48.9 Å². The van der Waals surface area contributed by atoms with Gasteiger partial charge in [0.2, 0.25) is 11.9 Å². The molecule has 0 radical (unpaired) electrons. The molecule has 2 aliphatic rings. The SMILES string of the molecule is CC(=O)N1c2ccc(-c3ccc(CN(C)Cc4cc5nc(-c6cnc(N)nc6)nc(N6CCOCC6)c5s4)cc3)cc2CC[C@@H]1C. The van der Waals surface area contributed by atoms with Crippen LogP contribution in [0.3, 0.4) is 0 Å². The zero-order valence-electron chi connectivity index (χ0n) is 26.4. The number of aryl methyl sites for hydroxylation is 1. The average molecular weight is 635 g/mol. The molecular formula is C35H38N8O2S. The smallest absolute Gasteiger partial charge is 0.224 e. The van der Waals surface area contributed by atoms with Gasteiger partial charge in [-0.15, -0.1) is 11.3 Å². The Morgan fingerprint density at radius 2 is 1.74 bits per heavy atom. The molecule has 0 unspecified atom stereocenters. The van der Waals surface area contributed by atoms with E-state index in [1.54, 1.807) is 30.7 Å². The van der Waals surface area contributed by atoms with Gasteiger partial charge >= 0.3 is 0 Å². The number of fused-ring (bicyclic) bond motifs is 2. The van der Waals surface area contributed by atoms with Crippen molar-refractivity contribution < 1.29 is 9.53 Å². The van der Waals surface area contributed by atoms with Gasteiger partial charge in [-0.05, 0) is 67.3 Å². The highest BCUT2D eigenvalue weighted by atomic mass is 32.1. The van der Waals surface area contributed by atoms with Crippen LogP contribution in [0.1, 0.15) is 36.3 Å². The van der Waals surface area contributed by atoms with Crippen molar-refractivity contribution in [3.05, 3.63) is 76.9 Å². The lowest BCUT2D eigenvalue weighted by Gasteiger charge is -2.34. The molecule has 236 valence electrons. The van der Waals surface area contributed by atoms with Crippen LogP contribution >= 0.6 is 11.3 Å². The number of thiophene rings is 1.